The number of rotatable bonds is 4. The van der Waals surface area contributed by atoms with Crippen molar-refractivity contribution in [2.75, 3.05) is 45.6 Å². The van der Waals surface area contributed by atoms with Crippen LogP contribution in [0.3, 0.4) is 0 Å². The molecule has 2 aliphatic rings. The number of hydrogen-bond donors (Lipinski definition) is 1. The molecule has 94 valence electrons. The molecule has 2 heterocycles. The van der Waals surface area contributed by atoms with Crippen LogP contribution in [0.1, 0.15) is 6.42 Å². The third-order valence-electron chi connectivity index (χ3n) is 3.61. The van der Waals surface area contributed by atoms with Gasteiger partial charge in [0, 0.05) is 20.2 Å². The number of methoxy groups -OCH3 is 1. The summed E-state index contributed by atoms with van der Waals surface area (Å²) in [5.74, 6) is 1.29. The van der Waals surface area contributed by atoms with E-state index >= 15 is 0 Å². The lowest BCUT2D eigenvalue weighted by atomic mass is 9.90. The van der Waals surface area contributed by atoms with Gasteiger partial charge < -0.3 is 10.1 Å². The lowest BCUT2D eigenvalue weighted by Crippen LogP contribution is -2.44. The second-order valence-electron chi connectivity index (χ2n) is 4.63. The molecule has 0 amide bonds. The maximum Gasteiger partial charge on any atom is 0.216 e. The SMILES string of the molecule is COCCS(=O)(=O)N1CCC2CNCC2C1. The number of piperidine rings is 1. The number of ether oxygens (including phenoxy) is 1. The summed E-state index contributed by atoms with van der Waals surface area (Å²) < 4.78 is 30.4. The Kier molecular flexibility index (Phi) is 3.84. The summed E-state index contributed by atoms with van der Waals surface area (Å²) in [4.78, 5) is 0. The van der Waals surface area contributed by atoms with Crippen molar-refractivity contribution >= 4 is 10.0 Å². The van der Waals surface area contributed by atoms with Gasteiger partial charge >= 0.3 is 0 Å². The molecular formula is C10H20N2O3S. The average Bonchev–Trinajstić information content (AvgIpc) is 2.73. The fourth-order valence-corrected chi connectivity index (χ4v) is 4.01. The standard InChI is InChI=1S/C10H20N2O3S/c1-15-4-5-16(13,14)12-3-2-9-6-11-7-10(9)8-12/h9-11H,2-8H2,1H3. The molecule has 0 radical (unpaired) electrons. The highest BCUT2D eigenvalue weighted by Crippen LogP contribution is 2.27. The van der Waals surface area contributed by atoms with Gasteiger partial charge in [-0.05, 0) is 31.3 Å². The van der Waals surface area contributed by atoms with Gasteiger partial charge in [-0.1, -0.05) is 0 Å². The monoisotopic (exact) mass is 248 g/mol. The largest absolute Gasteiger partial charge is 0.384 e. The third kappa shape index (κ3) is 2.56. The summed E-state index contributed by atoms with van der Waals surface area (Å²) in [5, 5.41) is 3.33. The Hall–Kier alpha value is -0.170. The highest BCUT2D eigenvalue weighted by atomic mass is 32.2. The first-order chi connectivity index (χ1) is 7.63. The number of nitrogens with one attached hydrogen (secondary N) is 1. The predicted molar refractivity (Wildman–Crippen MR) is 61.7 cm³/mol. The van der Waals surface area contributed by atoms with Crippen LogP contribution in [0.4, 0.5) is 0 Å². The zero-order chi connectivity index (χ0) is 11.6. The summed E-state index contributed by atoms with van der Waals surface area (Å²) in [6.07, 6.45) is 0.990. The molecule has 0 aromatic carbocycles. The van der Waals surface area contributed by atoms with E-state index in [0.29, 0.717) is 24.9 Å². The molecule has 0 aliphatic carbocycles. The van der Waals surface area contributed by atoms with E-state index in [0.717, 1.165) is 19.5 Å². The van der Waals surface area contributed by atoms with Crippen molar-refractivity contribution in [3.63, 3.8) is 0 Å². The summed E-state index contributed by atoms with van der Waals surface area (Å²) >= 11 is 0. The van der Waals surface area contributed by atoms with Crippen LogP contribution in [0.15, 0.2) is 0 Å². The Balaban J connectivity index is 1.95. The Morgan fingerprint density at radius 3 is 2.88 bits per heavy atom. The maximum atomic E-state index is 12.0. The van der Waals surface area contributed by atoms with E-state index < -0.39 is 10.0 Å². The second kappa shape index (κ2) is 5.00. The average molecular weight is 248 g/mol. The van der Waals surface area contributed by atoms with E-state index in [9.17, 15) is 8.42 Å². The number of hydrogen-bond acceptors (Lipinski definition) is 4. The van der Waals surface area contributed by atoms with Gasteiger partial charge in [0.15, 0.2) is 0 Å². The molecule has 2 aliphatic heterocycles. The normalized spacial score (nSPS) is 31.6. The molecule has 0 aromatic rings. The first-order valence-corrected chi connectivity index (χ1v) is 7.42. The molecule has 0 spiro atoms. The highest BCUT2D eigenvalue weighted by Gasteiger charge is 2.36. The third-order valence-corrected chi connectivity index (χ3v) is 5.41. The van der Waals surface area contributed by atoms with Crippen molar-refractivity contribution in [1.82, 2.24) is 9.62 Å². The topological polar surface area (TPSA) is 58.6 Å². The van der Waals surface area contributed by atoms with Gasteiger partial charge in [0.05, 0.1) is 12.4 Å². The molecule has 2 atom stereocenters. The molecule has 5 nitrogen and oxygen atoms in total. The lowest BCUT2D eigenvalue weighted by molar-refractivity contribution is 0.207. The highest BCUT2D eigenvalue weighted by molar-refractivity contribution is 7.89. The van der Waals surface area contributed by atoms with E-state index in [4.69, 9.17) is 4.74 Å². The van der Waals surface area contributed by atoms with Crippen LogP contribution in [-0.4, -0.2) is 58.4 Å². The summed E-state index contributed by atoms with van der Waals surface area (Å²) in [5.41, 5.74) is 0. The minimum absolute atomic E-state index is 0.105. The molecule has 1 N–H and O–H groups in total. The van der Waals surface area contributed by atoms with Gasteiger partial charge in [-0.25, -0.2) is 12.7 Å². The van der Waals surface area contributed by atoms with Crippen LogP contribution in [0.5, 0.6) is 0 Å². The van der Waals surface area contributed by atoms with Gasteiger partial charge in [-0.15, -0.1) is 0 Å². The smallest absolute Gasteiger partial charge is 0.216 e. The first kappa shape index (κ1) is 12.3. The quantitative estimate of drug-likeness (QED) is 0.729. The van der Waals surface area contributed by atoms with Crippen LogP contribution in [0, 0.1) is 11.8 Å². The fourth-order valence-electron chi connectivity index (χ4n) is 2.57. The molecule has 16 heavy (non-hydrogen) atoms. The summed E-state index contributed by atoms with van der Waals surface area (Å²) in [6.45, 7) is 3.65. The van der Waals surface area contributed by atoms with Gasteiger partial charge in [0.25, 0.3) is 0 Å². The number of sulfonamides is 1. The molecule has 2 rings (SSSR count). The van der Waals surface area contributed by atoms with Crippen molar-refractivity contribution in [2.45, 2.75) is 6.42 Å². The Morgan fingerprint density at radius 1 is 1.38 bits per heavy atom. The van der Waals surface area contributed by atoms with E-state index in [1.54, 1.807) is 4.31 Å². The van der Waals surface area contributed by atoms with Gasteiger partial charge in [-0.2, -0.15) is 0 Å². The minimum Gasteiger partial charge on any atom is -0.384 e. The lowest BCUT2D eigenvalue weighted by Gasteiger charge is -2.33. The van der Waals surface area contributed by atoms with Crippen molar-refractivity contribution in [3.05, 3.63) is 0 Å². The molecule has 2 saturated heterocycles. The maximum absolute atomic E-state index is 12.0. The van der Waals surface area contributed by atoms with Crippen molar-refractivity contribution in [3.8, 4) is 0 Å². The van der Waals surface area contributed by atoms with Crippen molar-refractivity contribution in [1.29, 1.82) is 0 Å². The molecule has 6 heteroatoms. The predicted octanol–water partition coefficient (Wildman–Crippen LogP) is -0.496. The molecule has 2 unspecified atom stereocenters. The van der Waals surface area contributed by atoms with Crippen molar-refractivity contribution in [2.24, 2.45) is 11.8 Å². The summed E-state index contributed by atoms with van der Waals surface area (Å²) in [7, 11) is -1.57. The molecule has 2 fully saturated rings. The van der Waals surface area contributed by atoms with E-state index in [2.05, 4.69) is 5.32 Å². The number of nitrogens with zero attached hydrogens (tertiary/aromatic N) is 1. The zero-order valence-corrected chi connectivity index (χ0v) is 10.5. The Bertz CT molecular complexity index is 331. The van der Waals surface area contributed by atoms with Gasteiger partial charge in [0.2, 0.25) is 10.0 Å². The second-order valence-corrected chi connectivity index (χ2v) is 6.72. The molecular weight excluding hydrogens is 228 g/mol. The van der Waals surface area contributed by atoms with Gasteiger partial charge in [-0.3, -0.25) is 0 Å². The van der Waals surface area contributed by atoms with E-state index in [1.807, 2.05) is 0 Å². The Morgan fingerprint density at radius 2 is 2.12 bits per heavy atom. The molecule has 0 aromatic heterocycles. The van der Waals surface area contributed by atoms with Crippen LogP contribution in [-0.2, 0) is 14.8 Å². The first-order valence-electron chi connectivity index (χ1n) is 5.81. The van der Waals surface area contributed by atoms with Crippen LogP contribution in [0.25, 0.3) is 0 Å². The van der Waals surface area contributed by atoms with E-state index in [-0.39, 0.29) is 12.4 Å². The summed E-state index contributed by atoms with van der Waals surface area (Å²) in [6, 6.07) is 0. The van der Waals surface area contributed by atoms with Crippen molar-refractivity contribution < 1.29 is 13.2 Å². The van der Waals surface area contributed by atoms with Crippen LogP contribution < -0.4 is 5.32 Å². The molecule has 0 saturated carbocycles. The van der Waals surface area contributed by atoms with Crippen LogP contribution in [0.2, 0.25) is 0 Å². The Labute approximate surface area is 97.2 Å². The minimum atomic E-state index is -3.10. The van der Waals surface area contributed by atoms with E-state index in [1.165, 1.54) is 7.11 Å². The number of fused-ring (bicyclic) bond motifs is 1. The zero-order valence-electron chi connectivity index (χ0n) is 9.68. The van der Waals surface area contributed by atoms with Gasteiger partial charge in [0.1, 0.15) is 0 Å². The fraction of sp³-hybridized carbons (Fsp3) is 1.00. The molecule has 0 bridgehead atoms. The van der Waals surface area contributed by atoms with Crippen LogP contribution >= 0.6 is 0 Å².